The first-order chi connectivity index (χ1) is 8.69. The van der Waals surface area contributed by atoms with Crippen LogP contribution in [0.3, 0.4) is 0 Å². The summed E-state index contributed by atoms with van der Waals surface area (Å²) < 4.78 is 15.3. The molecule has 0 amide bonds. The monoisotopic (exact) mass is 256 g/mol. The van der Waals surface area contributed by atoms with Gasteiger partial charge in [0.15, 0.2) is 0 Å². The number of ether oxygens (including phenoxy) is 3. The molecule has 0 fully saturated rings. The molecule has 0 aliphatic carbocycles. The van der Waals surface area contributed by atoms with Gasteiger partial charge >= 0.3 is 5.97 Å². The number of methoxy groups -OCH3 is 1. The van der Waals surface area contributed by atoms with Gasteiger partial charge in [0.05, 0.1) is 26.9 Å². The van der Waals surface area contributed by atoms with Gasteiger partial charge in [-0.05, 0) is 12.1 Å². The van der Waals surface area contributed by atoms with Crippen LogP contribution in [0.25, 0.3) is 0 Å². The number of aliphatic hydroxyl groups is 1. The fraction of sp³-hybridized carbons (Fsp3) is 0.417. The van der Waals surface area contributed by atoms with E-state index < -0.39 is 5.97 Å². The van der Waals surface area contributed by atoms with Crippen LogP contribution in [0.2, 0.25) is 0 Å². The summed E-state index contributed by atoms with van der Waals surface area (Å²) in [5.41, 5.74) is 0.0676. The van der Waals surface area contributed by atoms with Gasteiger partial charge in [0.25, 0.3) is 0 Å². The molecular weight excluding hydrogens is 240 g/mol. The number of benzene rings is 1. The van der Waals surface area contributed by atoms with Gasteiger partial charge in [-0.25, -0.2) is 4.79 Å². The Balaban J connectivity index is 2.63. The zero-order valence-corrected chi connectivity index (χ0v) is 10.1. The Labute approximate surface area is 105 Å². The van der Waals surface area contributed by atoms with Gasteiger partial charge in [-0.1, -0.05) is 0 Å². The highest BCUT2D eigenvalue weighted by Gasteiger charge is 2.12. The molecule has 0 aliphatic heterocycles. The van der Waals surface area contributed by atoms with Gasteiger partial charge in [-0.15, -0.1) is 0 Å². The summed E-state index contributed by atoms with van der Waals surface area (Å²) in [6, 6.07) is 4.49. The second kappa shape index (κ2) is 7.52. The molecule has 18 heavy (non-hydrogen) atoms. The number of rotatable bonds is 8. The van der Waals surface area contributed by atoms with Crippen LogP contribution in [-0.4, -0.2) is 49.7 Å². The van der Waals surface area contributed by atoms with E-state index >= 15 is 0 Å². The first-order valence-electron chi connectivity index (χ1n) is 5.41. The van der Waals surface area contributed by atoms with Gasteiger partial charge < -0.3 is 24.4 Å². The highest BCUT2D eigenvalue weighted by molar-refractivity contribution is 5.91. The molecule has 1 aromatic carbocycles. The van der Waals surface area contributed by atoms with E-state index in [4.69, 9.17) is 24.4 Å². The van der Waals surface area contributed by atoms with Gasteiger partial charge in [0.1, 0.15) is 23.7 Å². The van der Waals surface area contributed by atoms with Gasteiger partial charge in [0.2, 0.25) is 0 Å². The molecule has 0 saturated carbocycles. The van der Waals surface area contributed by atoms with Crippen molar-refractivity contribution in [3.05, 3.63) is 23.8 Å². The smallest absolute Gasteiger partial charge is 0.339 e. The first-order valence-corrected chi connectivity index (χ1v) is 5.41. The second-order valence-electron chi connectivity index (χ2n) is 3.35. The first kappa shape index (κ1) is 14.3. The average Bonchev–Trinajstić information content (AvgIpc) is 2.38. The Morgan fingerprint density at radius 2 is 2.06 bits per heavy atom. The quantitative estimate of drug-likeness (QED) is 0.669. The van der Waals surface area contributed by atoms with Crippen LogP contribution in [0.5, 0.6) is 11.5 Å². The van der Waals surface area contributed by atoms with E-state index in [1.807, 2.05) is 0 Å². The predicted octanol–water partition coefficient (Wildman–Crippen LogP) is 0.781. The Morgan fingerprint density at radius 1 is 1.28 bits per heavy atom. The van der Waals surface area contributed by atoms with Crippen LogP contribution in [0.15, 0.2) is 18.2 Å². The van der Waals surface area contributed by atoms with E-state index in [0.717, 1.165) is 0 Å². The number of carboxylic acids is 1. The fourth-order valence-electron chi connectivity index (χ4n) is 1.30. The highest BCUT2D eigenvalue weighted by Crippen LogP contribution is 2.24. The summed E-state index contributed by atoms with van der Waals surface area (Å²) in [4.78, 5) is 11.0. The largest absolute Gasteiger partial charge is 0.497 e. The maximum atomic E-state index is 11.0. The average molecular weight is 256 g/mol. The van der Waals surface area contributed by atoms with Crippen molar-refractivity contribution in [3.63, 3.8) is 0 Å². The lowest BCUT2D eigenvalue weighted by Gasteiger charge is -2.10. The van der Waals surface area contributed by atoms with Crippen molar-refractivity contribution >= 4 is 5.97 Å². The van der Waals surface area contributed by atoms with Gasteiger partial charge in [0, 0.05) is 6.07 Å². The maximum Gasteiger partial charge on any atom is 0.339 e. The number of aliphatic hydroxyl groups excluding tert-OH is 1. The number of hydrogen-bond acceptors (Lipinski definition) is 5. The molecule has 0 saturated heterocycles. The van der Waals surface area contributed by atoms with E-state index in [2.05, 4.69) is 0 Å². The number of aromatic carboxylic acids is 1. The summed E-state index contributed by atoms with van der Waals surface area (Å²) in [6.45, 7) is 0.650. The molecule has 0 spiro atoms. The summed E-state index contributed by atoms with van der Waals surface area (Å²) in [6.07, 6.45) is 0. The summed E-state index contributed by atoms with van der Waals surface area (Å²) in [5, 5.41) is 17.5. The van der Waals surface area contributed by atoms with Crippen LogP contribution in [0, 0.1) is 0 Å². The van der Waals surface area contributed by atoms with Crippen molar-refractivity contribution in [3.8, 4) is 11.5 Å². The van der Waals surface area contributed by atoms with Crippen molar-refractivity contribution in [1.29, 1.82) is 0 Å². The van der Waals surface area contributed by atoms with E-state index in [9.17, 15) is 4.79 Å². The normalized spacial score (nSPS) is 10.1. The third kappa shape index (κ3) is 4.23. The molecule has 100 valence electrons. The molecular formula is C12H16O6. The lowest BCUT2D eigenvalue weighted by molar-refractivity contribution is 0.0656. The van der Waals surface area contributed by atoms with Crippen molar-refractivity contribution in [2.45, 2.75) is 0 Å². The molecule has 0 radical (unpaired) electrons. The minimum absolute atomic E-state index is 0.0560. The van der Waals surface area contributed by atoms with E-state index in [1.165, 1.54) is 19.2 Å². The van der Waals surface area contributed by atoms with Crippen molar-refractivity contribution < 1.29 is 29.2 Å². The van der Waals surface area contributed by atoms with Crippen LogP contribution in [0.4, 0.5) is 0 Å². The lowest BCUT2D eigenvalue weighted by Crippen LogP contribution is -2.11. The van der Waals surface area contributed by atoms with Crippen LogP contribution < -0.4 is 9.47 Å². The molecule has 1 rings (SSSR count). The van der Waals surface area contributed by atoms with Crippen molar-refractivity contribution in [2.24, 2.45) is 0 Å². The molecule has 0 unspecified atom stereocenters. The number of carbonyl (C=O) groups is 1. The molecule has 1 aromatic rings. The summed E-state index contributed by atoms with van der Waals surface area (Å²) in [5.74, 6) is -0.315. The van der Waals surface area contributed by atoms with Gasteiger partial charge in [-0.3, -0.25) is 0 Å². The lowest BCUT2D eigenvalue weighted by atomic mass is 10.2. The number of hydrogen-bond donors (Lipinski definition) is 2. The Bertz CT molecular complexity index is 390. The van der Waals surface area contributed by atoms with Crippen molar-refractivity contribution in [2.75, 3.05) is 33.5 Å². The molecule has 0 bridgehead atoms. The minimum Gasteiger partial charge on any atom is -0.497 e. The second-order valence-corrected chi connectivity index (χ2v) is 3.35. The fourth-order valence-corrected chi connectivity index (χ4v) is 1.30. The van der Waals surface area contributed by atoms with Crippen LogP contribution >= 0.6 is 0 Å². The van der Waals surface area contributed by atoms with Crippen LogP contribution in [-0.2, 0) is 4.74 Å². The molecule has 0 aliphatic rings. The standard InChI is InChI=1S/C12H16O6/c1-16-9-2-3-10(12(14)15)11(8-9)18-7-6-17-5-4-13/h2-3,8,13H,4-7H2,1H3,(H,14,15). The maximum absolute atomic E-state index is 11.0. The molecule has 6 nitrogen and oxygen atoms in total. The number of carboxylic acid groups (broad SMARTS) is 1. The van der Waals surface area contributed by atoms with Crippen LogP contribution in [0.1, 0.15) is 10.4 Å². The molecule has 0 heterocycles. The van der Waals surface area contributed by atoms with E-state index in [0.29, 0.717) is 5.75 Å². The summed E-state index contributed by atoms with van der Waals surface area (Å²) >= 11 is 0. The molecule has 0 aromatic heterocycles. The van der Waals surface area contributed by atoms with E-state index in [1.54, 1.807) is 6.07 Å². The topological polar surface area (TPSA) is 85.2 Å². The molecule has 0 atom stereocenters. The van der Waals surface area contributed by atoms with E-state index in [-0.39, 0.29) is 37.7 Å². The zero-order chi connectivity index (χ0) is 13.4. The Kier molecular flexibility index (Phi) is 5.96. The Hall–Kier alpha value is -1.79. The third-order valence-corrected chi connectivity index (χ3v) is 2.14. The summed E-state index contributed by atoms with van der Waals surface area (Å²) in [7, 11) is 1.49. The zero-order valence-electron chi connectivity index (χ0n) is 10.1. The van der Waals surface area contributed by atoms with Crippen molar-refractivity contribution in [1.82, 2.24) is 0 Å². The SMILES string of the molecule is COc1ccc(C(=O)O)c(OCCOCCO)c1. The van der Waals surface area contributed by atoms with Gasteiger partial charge in [-0.2, -0.15) is 0 Å². The Morgan fingerprint density at radius 3 is 2.67 bits per heavy atom. The third-order valence-electron chi connectivity index (χ3n) is 2.14. The minimum atomic E-state index is -1.07. The highest BCUT2D eigenvalue weighted by atomic mass is 16.5. The predicted molar refractivity (Wildman–Crippen MR) is 63.4 cm³/mol. The molecule has 6 heteroatoms. The molecule has 2 N–H and O–H groups in total.